The Morgan fingerprint density at radius 2 is 1.57 bits per heavy atom. The van der Waals surface area contributed by atoms with E-state index in [0.29, 0.717) is 19.3 Å². The molecule has 0 aromatic rings. The van der Waals surface area contributed by atoms with Gasteiger partial charge < -0.3 is 45.2 Å². The molecular weight excluding hydrogens is 592 g/mol. The predicted octanol–water partition coefficient (Wildman–Crippen LogP) is 3.00. The van der Waals surface area contributed by atoms with Crippen molar-refractivity contribution in [2.24, 2.45) is 50.2 Å². The molecule has 0 aromatic carbocycles. The standard InChI is InChI=1S/C36H58O10/c1-31(2)11-13-36(30(43)44)14-12-34(5)19(20(36)15-31)7-8-24-32(3)16-21(39)28(33(4,18-38)23(32)9-10-35(24,34)6)46-29-27(42)26(41)25(40)22(17-37)45-29/h7,20-29,37-42H,8-18H2,1-6H3,(H,43,44). The molecule has 0 aromatic heterocycles. The molecule has 262 valence electrons. The number of fused-ring (bicyclic) bond motifs is 7. The van der Waals surface area contributed by atoms with Gasteiger partial charge >= 0.3 is 5.97 Å². The van der Waals surface area contributed by atoms with Crippen LogP contribution in [0, 0.1) is 50.2 Å². The zero-order valence-corrected chi connectivity index (χ0v) is 28.5. The number of aliphatic hydroxyl groups is 6. The van der Waals surface area contributed by atoms with Crippen LogP contribution in [0.2, 0.25) is 0 Å². The number of hydrogen-bond acceptors (Lipinski definition) is 9. The fourth-order valence-electron chi connectivity index (χ4n) is 12.3. The van der Waals surface area contributed by atoms with Gasteiger partial charge in [-0.3, -0.25) is 4.79 Å². The first-order valence-corrected chi connectivity index (χ1v) is 17.5. The summed E-state index contributed by atoms with van der Waals surface area (Å²) in [5.74, 6) is -0.518. The number of hydrogen-bond donors (Lipinski definition) is 7. The van der Waals surface area contributed by atoms with Crippen LogP contribution in [0.25, 0.3) is 0 Å². The summed E-state index contributed by atoms with van der Waals surface area (Å²) in [5.41, 5.74) is -0.930. The van der Waals surface area contributed by atoms with Gasteiger partial charge in [-0.15, -0.1) is 0 Å². The second-order valence-electron chi connectivity index (χ2n) is 17.9. The molecule has 1 aliphatic heterocycles. The van der Waals surface area contributed by atoms with Gasteiger partial charge in [0, 0.05) is 5.41 Å². The molecule has 1 saturated heterocycles. The van der Waals surface area contributed by atoms with Gasteiger partial charge in [-0.25, -0.2) is 0 Å². The highest BCUT2D eigenvalue weighted by Gasteiger charge is 2.71. The fraction of sp³-hybridized carbons (Fsp3) is 0.917. The largest absolute Gasteiger partial charge is 0.481 e. The average Bonchev–Trinajstić information content (AvgIpc) is 2.98. The number of ether oxygens (including phenoxy) is 2. The first-order chi connectivity index (χ1) is 21.3. The van der Waals surface area contributed by atoms with Crippen molar-refractivity contribution in [1.29, 1.82) is 0 Å². The van der Waals surface area contributed by atoms with Crippen molar-refractivity contribution in [3.63, 3.8) is 0 Å². The summed E-state index contributed by atoms with van der Waals surface area (Å²) in [7, 11) is 0. The number of aliphatic hydroxyl groups excluding tert-OH is 6. The van der Waals surface area contributed by atoms with E-state index in [9.17, 15) is 40.5 Å². The maximum atomic E-state index is 13.0. The average molecular weight is 651 g/mol. The van der Waals surface area contributed by atoms with Crippen LogP contribution >= 0.6 is 0 Å². The van der Waals surface area contributed by atoms with E-state index in [2.05, 4.69) is 40.7 Å². The molecule has 10 heteroatoms. The third-order valence-electron chi connectivity index (χ3n) is 15.2. The van der Waals surface area contributed by atoms with Crippen LogP contribution in [0.1, 0.15) is 99.3 Å². The number of allylic oxidation sites excluding steroid dienone is 2. The van der Waals surface area contributed by atoms with E-state index in [4.69, 9.17) is 9.47 Å². The molecule has 0 radical (unpaired) electrons. The number of carboxylic acids is 1. The summed E-state index contributed by atoms with van der Waals surface area (Å²) in [5, 5.41) is 74.6. The molecule has 1 heterocycles. The second kappa shape index (κ2) is 11.2. The number of aliphatic carboxylic acids is 1. The normalized spacial score (nSPS) is 54.8. The van der Waals surface area contributed by atoms with Gasteiger partial charge in [0.2, 0.25) is 0 Å². The molecule has 15 unspecified atom stereocenters. The summed E-state index contributed by atoms with van der Waals surface area (Å²) in [6.45, 7) is 12.6. The summed E-state index contributed by atoms with van der Waals surface area (Å²) in [4.78, 5) is 13.0. The highest BCUT2D eigenvalue weighted by Crippen LogP contribution is 2.76. The van der Waals surface area contributed by atoms with Gasteiger partial charge in [-0.05, 0) is 97.2 Å². The van der Waals surface area contributed by atoms with Crippen LogP contribution in [-0.4, -0.2) is 97.8 Å². The van der Waals surface area contributed by atoms with Crippen molar-refractivity contribution >= 4 is 5.97 Å². The Balaban J connectivity index is 1.34. The van der Waals surface area contributed by atoms with Crippen molar-refractivity contribution in [2.75, 3.05) is 13.2 Å². The van der Waals surface area contributed by atoms with Crippen molar-refractivity contribution in [3.8, 4) is 0 Å². The molecular formula is C36H58O10. The van der Waals surface area contributed by atoms with E-state index in [1.165, 1.54) is 5.57 Å². The van der Waals surface area contributed by atoms with Gasteiger partial charge in [0.15, 0.2) is 6.29 Å². The lowest BCUT2D eigenvalue weighted by Gasteiger charge is -2.71. The zero-order chi connectivity index (χ0) is 33.8. The molecule has 46 heavy (non-hydrogen) atoms. The van der Waals surface area contributed by atoms with E-state index in [1.54, 1.807) is 0 Å². The number of carbonyl (C=O) groups is 1. The topological polar surface area (TPSA) is 177 Å². The van der Waals surface area contributed by atoms with E-state index in [1.807, 2.05) is 6.92 Å². The zero-order valence-electron chi connectivity index (χ0n) is 28.5. The van der Waals surface area contributed by atoms with E-state index in [0.717, 1.165) is 38.5 Å². The van der Waals surface area contributed by atoms with Crippen molar-refractivity contribution in [2.45, 2.75) is 142 Å². The van der Waals surface area contributed by atoms with Crippen LogP contribution in [0.5, 0.6) is 0 Å². The van der Waals surface area contributed by atoms with E-state index >= 15 is 0 Å². The van der Waals surface area contributed by atoms with Gasteiger partial charge in [0.05, 0.1) is 30.8 Å². The third-order valence-corrected chi connectivity index (χ3v) is 15.2. The maximum absolute atomic E-state index is 13.0. The molecule has 0 spiro atoms. The Morgan fingerprint density at radius 1 is 0.891 bits per heavy atom. The Hall–Kier alpha value is -1.11. The molecule has 7 N–H and O–H groups in total. The molecule has 10 nitrogen and oxygen atoms in total. The summed E-state index contributed by atoms with van der Waals surface area (Å²) in [6.07, 6.45) is 0.0131. The predicted molar refractivity (Wildman–Crippen MR) is 168 cm³/mol. The van der Waals surface area contributed by atoms with Crippen molar-refractivity contribution < 1.29 is 50.0 Å². The van der Waals surface area contributed by atoms with Crippen LogP contribution in [0.4, 0.5) is 0 Å². The maximum Gasteiger partial charge on any atom is 0.310 e. The quantitative estimate of drug-likeness (QED) is 0.173. The Kier molecular flexibility index (Phi) is 8.46. The van der Waals surface area contributed by atoms with Crippen molar-refractivity contribution in [3.05, 3.63) is 11.6 Å². The highest BCUT2D eigenvalue weighted by atomic mass is 16.7. The lowest BCUT2D eigenvalue weighted by Crippen LogP contribution is -2.69. The van der Waals surface area contributed by atoms with Crippen LogP contribution in [-0.2, 0) is 14.3 Å². The monoisotopic (exact) mass is 650 g/mol. The summed E-state index contributed by atoms with van der Waals surface area (Å²) >= 11 is 0. The Morgan fingerprint density at radius 3 is 2.20 bits per heavy atom. The molecule has 6 rings (SSSR count). The van der Waals surface area contributed by atoms with Crippen LogP contribution in [0.3, 0.4) is 0 Å². The minimum Gasteiger partial charge on any atom is -0.481 e. The van der Waals surface area contributed by atoms with Gasteiger partial charge in [-0.1, -0.05) is 53.2 Å². The first kappa shape index (κ1) is 34.7. The smallest absolute Gasteiger partial charge is 0.310 e. The molecule has 5 aliphatic carbocycles. The molecule has 0 amide bonds. The highest BCUT2D eigenvalue weighted by molar-refractivity contribution is 5.76. The summed E-state index contributed by atoms with van der Waals surface area (Å²) < 4.78 is 11.9. The SMILES string of the molecule is CC1(C)CCC2(C(=O)O)CCC3(C)C(=CCC4C5(C)CC(O)C(OC6OC(CO)C(O)C(O)C6O)C(C)(CO)C5CCC43C)C2C1. The number of carboxylic acid groups (broad SMARTS) is 1. The molecule has 15 atom stereocenters. The van der Waals surface area contributed by atoms with Gasteiger partial charge in [0.25, 0.3) is 0 Å². The Bertz CT molecular complexity index is 1240. The first-order valence-electron chi connectivity index (χ1n) is 17.5. The minimum atomic E-state index is -1.60. The second-order valence-corrected chi connectivity index (χ2v) is 17.9. The molecule has 4 saturated carbocycles. The Labute approximate surface area is 273 Å². The fourth-order valence-corrected chi connectivity index (χ4v) is 12.3. The third kappa shape index (κ3) is 4.60. The van der Waals surface area contributed by atoms with Gasteiger partial charge in [0.1, 0.15) is 24.4 Å². The minimum absolute atomic E-state index is 0.00627. The van der Waals surface area contributed by atoms with Gasteiger partial charge in [-0.2, -0.15) is 0 Å². The molecule has 0 bridgehead atoms. The van der Waals surface area contributed by atoms with E-state index < -0.39 is 66.3 Å². The molecule has 5 fully saturated rings. The summed E-state index contributed by atoms with van der Waals surface area (Å²) in [6, 6.07) is 0. The van der Waals surface area contributed by atoms with Crippen molar-refractivity contribution in [1.82, 2.24) is 0 Å². The number of rotatable bonds is 5. The molecule has 6 aliphatic rings. The van der Waals surface area contributed by atoms with Crippen LogP contribution in [0.15, 0.2) is 11.6 Å². The lowest BCUT2D eigenvalue weighted by molar-refractivity contribution is -0.345. The lowest BCUT2D eigenvalue weighted by atomic mass is 9.33. The van der Waals surface area contributed by atoms with Crippen LogP contribution < -0.4 is 0 Å². The van der Waals surface area contributed by atoms with E-state index in [-0.39, 0.29) is 46.0 Å².